The molecule has 49 heavy (non-hydrogen) atoms. The van der Waals surface area contributed by atoms with Crippen LogP contribution >= 0.6 is 0 Å². The number of hydrogen-bond acceptors (Lipinski definition) is 32. The van der Waals surface area contributed by atoms with Crippen molar-refractivity contribution >= 4 is 326 Å². The molecular weight excluding hydrogens is 2100 g/mol. The Kier molecular flexibility index (Phi) is 137. The van der Waals surface area contributed by atoms with E-state index in [4.69, 9.17) is 105 Å². The molecule has 0 aromatic rings. The van der Waals surface area contributed by atoms with Gasteiger partial charge in [0, 0.05) is 0 Å². The molecule has 32 nitrogen and oxygen atoms in total. The molecule has 0 aliphatic rings. The van der Waals surface area contributed by atoms with Crippen molar-refractivity contribution in [1.82, 2.24) is 0 Å². The predicted molar refractivity (Wildman–Crippen MR) is 86.0 cm³/mol. The fourth-order valence-electron chi connectivity index (χ4n) is 0. The molecule has 0 aliphatic heterocycles. The van der Waals surface area contributed by atoms with E-state index in [1.165, 1.54) is 0 Å². The second kappa shape index (κ2) is 59.0. The fourth-order valence-corrected chi connectivity index (χ4v) is 0. The topological polar surface area (TPSA) is 690 Å². The van der Waals surface area contributed by atoms with Gasteiger partial charge in [0.2, 0.25) is 0 Å². The first kappa shape index (κ1) is 114. The molecule has 0 spiro atoms. The van der Waals surface area contributed by atoms with Crippen LogP contribution in [0.1, 0.15) is 0 Å². The van der Waals surface area contributed by atoms with E-state index in [0.29, 0.717) is 0 Å². The van der Waals surface area contributed by atoms with Gasteiger partial charge >= 0.3 is 538 Å². The molecule has 0 atom stereocenters. The van der Waals surface area contributed by atoms with Gasteiger partial charge in [0.15, 0.2) is 0 Å². The second-order valence-corrected chi connectivity index (χ2v) is 24.0. The van der Waals surface area contributed by atoms with Crippen LogP contribution in [-0.2, 0) is 24.1 Å². The van der Waals surface area contributed by atoms with E-state index in [2.05, 4.69) is 0 Å². The van der Waals surface area contributed by atoms with Crippen molar-refractivity contribution in [3.63, 3.8) is 0 Å². The third-order valence-electron chi connectivity index (χ3n) is 0. The normalized spacial score (nSPS) is 9.63. The molecule has 256 valence electrons. The average Bonchev–Trinajstić information content (AvgIpc) is 2.16. The molecule has 0 radical (unpaired) electrons. The minimum absolute atomic E-state index is 0. The summed E-state index contributed by atoms with van der Waals surface area (Å²) in [6.07, 6.45) is 0. The Hall–Kier alpha value is 12.9. The van der Waals surface area contributed by atoms with Gasteiger partial charge in [0.05, 0.1) is 0 Å². The van der Waals surface area contributed by atoms with Crippen molar-refractivity contribution in [1.29, 1.82) is 0 Å². The van der Waals surface area contributed by atoms with Gasteiger partial charge in [0.25, 0.3) is 0 Å². The van der Waals surface area contributed by atoms with E-state index in [1.54, 1.807) is 0 Å². The maximum absolute atomic E-state index is 8.64. The Morgan fingerprint density at radius 1 is 0.184 bits per heavy atom. The van der Waals surface area contributed by atoms with Crippen LogP contribution in [0.3, 0.4) is 0 Å². The molecule has 0 saturated heterocycles. The van der Waals surface area contributed by atoms with Gasteiger partial charge in [-0.1, -0.05) is 0 Å². The molecule has 0 saturated carbocycles. The Morgan fingerprint density at radius 3 is 0.184 bits per heavy atom. The zero-order valence-electron chi connectivity index (χ0n) is 22.2. The molecule has 0 unspecified atom stereocenters. The standard InChI is InChI=1S/3Al.3Ca.3La.32O.8Sb/q3*+3;3*+2;3*+3;;;;;;;;;24*-1;;;;;;;;. The van der Waals surface area contributed by atoms with Gasteiger partial charge in [-0.05, 0) is 0 Å². The van der Waals surface area contributed by atoms with Crippen molar-refractivity contribution in [2.45, 2.75) is 0 Å². The number of rotatable bonds is 0. The van der Waals surface area contributed by atoms with E-state index < -0.39 is 160 Å². The molecular formula is Al3Ca3La3O32Sb8. The van der Waals surface area contributed by atoms with Crippen molar-refractivity contribution in [3.05, 3.63) is 0 Å². The van der Waals surface area contributed by atoms with Gasteiger partial charge in [-0.3, -0.25) is 0 Å². The molecule has 0 aromatic carbocycles. The summed E-state index contributed by atoms with van der Waals surface area (Å²) in [5, 5.41) is 0. The summed E-state index contributed by atoms with van der Waals surface area (Å²) in [5.74, 6) is 0. The molecule has 0 rings (SSSR count). The molecule has 0 heterocycles. The molecule has 0 aliphatic carbocycles. The Morgan fingerprint density at radius 2 is 0.184 bits per heavy atom. The monoisotopic (exact) mass is 2100 g/mol. The summed E-state index contributed by atoms with van der Waals surface area (Å²) in [6.45, 7) is 0. The van der Waals surface area contributed by atoms with E-state index in [0.717, 1.165) is 0 Å². The first-order valence-corrected chi connectivity index (χ1v) is 39.2. The SMILES string of the molecule is [Al+3].[Al+3].[Al+3].[Ca+2].[Ca+2].[Ca+2].[La+3].[La+3].[La+3].[O]=[Sb]([O-])([O-])[O-].[O]=[Sb]([O-])([O-])[O-].[O]=[Sb]([O-])([O-])[O-].[O]=[Sb]([O-])([O-])[O-].[O]=[Sb]([O-])([O-])[O-].[O]=[Sb]([O-])([O-])[O-].[O]=[Sb]([O-])([O-])[O-].[O]=[Sb]([O-])([O-])[O-]. The average molecular weight is 2100 g/mol. The summed E-state index contributed by atoms with van der Waals surface area (Å²) in [5.41, 5.74) is 0. The van der Waals surface area contributed by atoms with E-state index >= 15 is 0 Å². The van der Waals surface area contributed by atoms with Gasteiger partial charge < -0.3 is 0 Å². The summed E-state index contributed by atoms with van der Waals surface area (Å²) in [7, 11) is 0. The van der Waals surface area contributed by atoms with E-state index in [-0.39, 0.29) is 272 Å². The summed E-state index contributed by atoms with van der Waals surface area (Å²) in [4.78, 5) is 0. The second-order valence-electron chi connectivity index (χ2n) is 3.58. The van der Waals surface area contributed by atoms with Crippen LogP contribution in [0.2, 0.25) is 0 Å². The molecule has 49 heteroatoms. The summed E-state index contributed by atoms with van der Waals surface area (Å²) >= 11 is -48.8. The van der Waals surface area contributed by atoms with Gasteiger partial charge in [-0.25, -0.2) is 0 Å². The number of hydrogen-bond donors (Lipinski definition) is 0. The van der Waals surface area contributed by atoms with E-state index in [9.17, 15) is 0 Å². The van der Waals surface area contributed by atoms with Crippen LogP contribution in [0.25, 0.3) is 0 Å². The molecule has 0 aromatic heterocycles. The molecule has 0 fully saturated rings. The van der Waals surface area contributed by atoms with Crippen LogP contribution in [-0.4, -0.2) is 326 Å². The zero-order chi connectivity index (χ0) is 36.0. The molecule has 0 bridgehead atoms. The van der Waals surface area contributed by atoms with Gasteiger partial charge in [-0.2, -0.15) is 0 Å². The first-order valence-electron chi connectivity index (χ1n) is 5.84. The molecule has 0 N–H and O–H groups in total. The van der Waals surface area contributed by atoms with Crippen molar-refractivity contribution in [3.8, 4) is 0 Å². The summed E-state index contributed by atoms with van der Waals surface area (Å²) in [6, 6.07) is 0. The third-order valence-corrected chi connectivity index (χ3v) is 0. The van der Waals surface area contributed by atoms with Gasteiger partial charge in [0.1, 0.15) is 0 Å². The van der Waals surface area contributed by atoms with Gasteiger partial charge in [-0.15, -0.1) is 0 Å². The van der Waals surface area contributed by atoms with E-state index in [1.807, 2.05) is 0 Å². The Bertz CT molecular complexity index is 686. The minimum atomic E-state index is -6.10. The third kappa shape index (κ3) is 1260. The van der Waals surface area contributed by atoms with Crippen LogP contribution < -0.4 is 81.2 Å². The fraction of sp³-hybridized carbons (Fsp3) is 0. The Labute approximate surface area is 522 Å². The van der Waals surface area contributed by atoms with Crippen LogP contribution in [0.4, 0.5) is 0 Å². The van der Waals surface area contributed by atoms with Crippen molar-refractivity contribution < 1.29 is 212 Å². The Balaban J connectivity index is -0.0000000155. The van der Waals surface area contributed by atoms with Crippen LogP contribution in [0.5, 0.6) is 0 Å². The van der Waals surface area contributed by atoms with Crippen molar-refractivity contribution in [2.24, 2.45) is 0 Å². The predicted octanol–water partition coefficient (Wildman–Crippen LogP) is -34.8. The first-order chi connectivity index (χ1) is 16.0. The van der Waals surface area contributed by atoms with Crippen LogP contribution in [0.15, 0.2) is 0 Å². The van der Waals surface area contributed by atoms with Crippen LogP contribution in [0, 0.1) is 107 Å². The summed E-state index contributed by atoms with van der Waals surface area (Å²) < 4.78 is 276. The maximum atomic E-state index is 8.64. The van der Waals surface area contributed by atoms with Crippen molar-refractivity contribution in [2.75, 3.05) is 0 Å². The zero-order valence-corrected chi connectivity index (χ0v) is 63.6. The molecule has 0 amide bonds. The quantitative estimate of drug-likeness (QED) is 0.203.